The third kappa shape index (κ3) is 20.9. The maximum Gasteiger partial charge on any atom is 0.500 e. The molecule has 0 aliphatic heterocycles. The zero-order valence-electron chi connectivity index (χ0n) is 19.7. The Morgan fingerprint density at radius 3 is 1.26 bits per heavy atom. The average Bonchev–Trinajstić information content (AvgIpc) is 2.66. The summed E-state index contributed by atoms with van der Waals surface area (Å²) < 4.78 is 17.5. The normalized spacial score (nSPS) is 11.4. The second kappa shape index (κ2) is 24.4. The summed E-state index contributed by atoms with van der Waals surface area (Å²) in [6.07, 6.45) is 16.5. The van der Waals surface area contributed by atoms with Crippen LogP contribution in [0.25, 0.3) is 0 Å². The highest BCUT2D eigenvalue weighted by molar-refractivity contribution is 6.60. The maximum absolute atomic E-state index is 5.83. The summed E-state index contributed by atoms with van der Waals surface area (Å²) in [5.74, 6) is 0. The molecule has 0 bridgehead atoms. The summed E-state index contributed by atoms with van der Waals surface area (Å²) in [5.41, 5.74) is 0. The predicted octanol–water partition coefficient (Wildman–Crippen LogP) is 6.53. The maximum atomic E-state index is 5.83. The Hall–Kier alpha value is 0.314. The molecule has 3 nitrogen and oxygen atoms in total. The third-order valence-corrected chi connectivity index (χ3v) is 8.49. The molecule has 0 aliphatic rings. The van der Waals surface area contributed by atoms with Gasteiger partial charge in [-0.05, 0) is 27.2 Å². The van der Waals surface area contributed by atoms with E-state index in [1.165, 1.54) is 86.9 Å². The summed E-state index contributed by atoms with van der Waals surface area (Å²) >= 11 is 0. The first-order valence-corrected chi connectivity index (χ1v) is 15.4. The van der Waals surface area contributed by atoms with Gasteiger partial charge in [-0.25, -0.2) is 0 Å². The van der Waals surface area contributed by atoms with Crippen LogP contribution in [0.5, 0.6) is 0 Å². The Balaban J connectivity index is 0. The Morgan fingerprint density at radius 1 is 0.519 bits per heavy atom. The van der Waals surface area contributed by atoms with Crippen LogP contribution in [-0.2, 0) is 13.3 Å². The molecule has 0 unspecified atom stereocenters. The molecule has 0 amide bonds. The monoisotopic (exact) mass is 420 g/mol. The van der Waals surface area contributed by atoms with Gasteiger partial charge >= 0.3 is 8.80 Å². The minimum atomic E-state index is -2.36. The molecule has 0 N–H and O–H groups in total. The molecular weight excluding hydrogens is 368 g/mol. The molecule has 0 radical (unpaired) electrons. The van der Waals surface area contributed by atoms with Gasteiger partial charge in [0.25, 0.3) is 0 Å². The highest BCUT2D eigenvalue weighted by Gasteiger charge is 2.39. The van der Waals surface area contributed by atoms with Crippen molar-refractivity contribution >= 4 is 19.0 Å². The van der Waals surface area contributed by atoms with Gasteiger partial charge in [0, 0.05) is 36.1 Å². The van der Waals surface area contributed by atoms with Gasteiger partial charge in [-0.2, -0.15) is 0 Å². The highest BCUT2D eigenvalue weighted by atomic mass is 28.4. The lowest BCUT2D eigenvalue weighted by atomic mass is 10.1. The van der Waals surface area contributed by atoms with Crippen LogP contribution in [0.2, 0.25) is 12.1 Å². The van der Waals surface area contributed by atoms with Crippen molar-refractivity contribution in [2.75, 3.05) is 19.8 Å². The molecule has 0 rings (SSSR count). The van der Waals surface area contributed by atoms with Crippen molar-refractivity contribution in [1.29, 1.82) is 0 Å². The van der Waals surface area contributed by atoms with Crippen LogP contribution in [0.3, 0.4) is 0 Å². The largest absolute Gasteiger partial charge is 0.500 e. The predicted molar refractivity (Wildman–Crippen MR) is 127 cm³/mol. The molecular formula is C22H52O3Si2. The minimum Gasteiger partial charge on any atom is -0.374 e. The fourth-order valence-corrected chi connectivity index (χ4v) is 6.34. The van der Waals surface area contributed by atoms with E-state index in [0.29, 0.717) is 19.8 Å². The van der Waals surface area contributed by atoms with Crippen molar-refractivity contribution in [2.45, 2.75) is 124 Å². The molecule has 0 fully saturated rings. The molecule has 0 saturated carbocycles. The smallest absolute Gasteiger partial charge is 0.374 e. The molecule has 0 aromatic rings. The van der Waals surface area contributed by atoms with Crippen molar-refractivity contribution in [1.82, 2.24) is 0 Å². The molecule has 5 heteroatoms. The molecule has 166 valence electrons. The van der Waals surface area contributed by atoms with E-state index in [1.807, 2.05) is 20.8 Å². The average molecular weight is 421 g/mol. The first-order chi connectivity index (χ1) is 13.2. The topological polar surface area (TPSA) is 27.7 Å². The van der Waals surface area contributed by atoms with Crippen LogP contribution in [-0.4, -0.2) is 38.9 Å². The highest BCUT2D eigenvalue weighted by Crippen LogP contribution is 2.20. The van der Waals surface area contributed by atoms with E-state index in [4.69, 9.17) is 13.3 Å². The van der Waals surface area contributed by atoms with Gasteiger partial charge in [-0.1, -0.05) is 90.5 Å². The number of hydrogen-bond acceptors (Lipinski definition) is 3. The second-order valence-corrected chi connectivity index (χ2v) is 11.0. The minimum absolute atomic E-state index is 0.683. The zero-order valence-corrected chi connectivity index (χ0v) is 22.7. The molecule has 0 heterocycles. The van der Waals surface area contributed by atoms with E-state index in [-0.39, 0.29) is 0 Å². The van der Waals surface area contributed by atoms with Crippen molar-refractivity contribution in [3.05, 3.63) is 0 Å². The van der Waals surface area contributed by atoms with Gasteiger partial charge in [-0.15, -0.1) is 0 Å². The van der Waals surface area contributed by atoms with Crippen molar-refractivity contribution in [3.63, 3.8) is 0 Å². The van der Waals surface area contributed by atoms with Gasteiger partial charge in [0.2, 0.25) is 0 Å². The molecule has 0 atom stereocenters. The van der Waals surface area contributed by atoms with Crippen molar-refractivity contribution in [3.8, 4) is 0 Å². The first-order valence-electron chi connectivity index (χ1n) is 12.1. The summed E-state index contributed by atoms with van der Waals surface area (Å²) in [7, 11) is -0.956. The van der Waals surface area contributed by atoms with E-state index in [0.717, 1.165) is 12.5 Å². The summed E-state index contributed by atoms with van der Waals surface area (Å²) in [4.78, 5) is 0. The Kier molecular flexibility index (Phi) is 26.6. The summed E-state index contributed by atoms with van der Waals surface area (Å²) in [6.45, 7) is 12.6. The lowest BCUT2D eigenvalue weighted by Gasteiger charge is -2.28. The van der Waals surface area contributed by atoms with Gasteiger partial charge in [-0.3, -0.25) is 0 Å². The lowest BCUT2D eigenvalue weighted by molar-refractivity contribution is 0.0706. The summed E-state index contributed by atoms with van der Waals surface area (Å²) in [6, 6.07) is 2.47. The molecule has 0 aliphatic carbocycles. The van der Waals surface area contributed by atoms with Gasteiger partial charge in [0.1, 0.15) is 0 Å². The van der Waals surface area contributed by atoms with Crippen molar-refractivity contribution in [2.24, 2.45) is 0 Å². The molecule has 0 spiro atoms. The Bertz CT molecular complexity index is 243. The Labute approximate surface area is 176 Å². The molecule has 0 saturated heterocycles. The van der Waals surface area contributed by atoms with Crippen molar-refractivity contribution < 1.29 is 13.3 Å². The fraction of sp³-hybridized carbons (Fsp3) is 1.00. The number of unbranched alkanes of at least 4 members (excludes halogenated alkanes) is 10. The number of hydrogen-bond donors (Lipinski definition) is 0. The first kappa shape index (κ1) is 29.5. The zero-order chi connectivity index (χ0) is 20.6. The standard InChI is InChI=1S/C14H32O3Si.C8H20Si/c1-5-9-10-11-12-13-14-18(15-6-2,16-7-3)17-8-4;1-2-3-4-5-6-7-8-9/h5-14H2,1-4H3;2-8H2,1,9H3. The van der Waals surface area contributed by atoms with Crippen LogP contribution in [0.15, 0.2) is 0 Å². The third-order valence-electron chi connectivity index (χ3n) is 4.64. The quantitative estimate of drug-likeness (QED) is 0.176. The Morgan fingerprint density at radius 2 is 0.889 bits per heavy atom. The van der Waals surface area contributed by atoms with Crippen LogP contribution < -0.4 is 0 Å². The van der Waals surface area contributed by atoms with E-state index in [2.05, 4.69) is 13.8 Å². The molecule has 27 heavy (non-hydrogen) atoms. The molecule has 0 aromatic carbocycles. The van der Waals surface area contributed by atoms with E-state index >= 15 is 0 Å². The molecule has 0 aromatic heterocycles. The van der Waals surface area contributed by atoms with Crippen LogP contribution in [0.4, 0.5) is 0 Å². The van der Waals surface area contributed by atoms with E-state index < -0.39 is 8.80 Å². The second-order valence-electron chi connectivity index (χ2n) is 7.27. The van der Waals surface area contributed by atoms with E-state index in [9.17, 15) is 0 Å². The number of rotatable bonds is 19. The lowest BCUT2D eigenvalue weighted by Crippen LogP contribution is -2.45. The van der Waals surface area contributed by atoms with Gasteiger partial charge < -0.3 is 13.3 Å². The van der Waals surface area contributed by atoms with Gasteiger partial charge in [0.15, 0.2) is 0 Å². The van der Waals surface area contributed by atoms with Crippen LogP contribution >= 0.6 is 0 Å². The van der Waals surface area contributed by atoms with Crippen LogP contribution in [0.1, 0.15) is 112 Å². The van der Waals surface area contributed by atoms with Gasteiger partial charge in [0.05, 0.1) is 0 Å². The SMILES string of the molecule is CCCCCCCC[SiH3].CCCCCCCC[Si](OCC)(OCC)OCC. The summed E-state index contributed by atoms with van der Waals surface area (Å²) in [5, 5.41) is 0. The van der Waals surface area contributed by atoms with E-state index in [1.54, 1.807) is 0 Å². The van der Waals surface area contributed by atoms with Crippen LogP contribution in [0, 0.1) is 0 Å². The fourth-order valence-electron chi connectivity index (χ4n) is 3.15.